The molecule has 1 atom stereocenters. The van der Waals surface area contributed by atoms with Gasteiger partial charge in [-0.3, -0.25) is 10.1 Å². The lowest BCUT2D eigenvalue weighted by Crippen LogP contribution is -2.26. The van der Waals surface area contributed by atoms with E-state index >= 15 is 0 Å². The van der Waals surface area contributed by atoms with Gasteiger partial charge in [0.05, 0.1) is 17.9 Å². The van der Waals surface area contributed by atoms with Gasteiger partial charge >= 0.3 is 5.82 Å². The summed E-state index contributed by atoms with van der Waals surface area (Å²) in [4.78, 5) is 25.9. The summed E-state index contributed by atoms with van der Waals surface area (Å²) in [5, 5.41) is 19.1. The van der Waals surface area contributed by atoms with Gasteiger partial charge in [0.25, 0.3) is 11.7 Å². The van der Waals surface area contributed by atoms with E-state index in [4.69, 9.17) is 9.05 Å². The zero-order chi connectivity index (χ0) is 22.1. The third kappa shape index (κ3) is 4.17. The number of hydrogen-bond donors (Lipinski definition) is 4. The topological polar surface area (TPSA) is 130 Å². The van der Waals surface area contributed by atoms with Crippen molar-refractivity contribution in [3.63, 3.8) is 0 Å². The van der Waals surface area contributed by atoms with Gasteiger partial charge in [0.2, 0.25) is 0 Å². The highest BCUT2D eigenvalue weighted by Gasteiger charge is 2.33. The lowest BCUT2D eigenvalue weighted by atomic mass is 9.85. The number of carbonyl (C=O) groups is 1. The normalized spacial score (nSPS) is 12.4. The Morgan fingerprint density at radius 2 is 1.97 bits per heavy atom. The fraction of sp³-hybridized carbons (Fsp3) is 0.350. The van der Waals surface area contributed by atoms with E-state index in [2.05, 4.69) is 15.8 Å². The zero-order valence-corrected chi connectivity index (χ0v) is 17.5. The molecule has 3 rings (SSSR count). The summed E-state index contributed by atoms with van der Waals surface area (Å²) in [5.74, 6) is 0.281. The van der Waals surface area contributed by atoms with E-state index < -0.39 is 0 Å². The molecule has 160 valence electrons. The summed E-state index contributed by atoms with van der Waals surface area (Å²) in [6, 6.07) is 7.98. The largest absolute Gasteiger partial charge is 0.504 e. The fourth-order valence-electron chi connectivity index (χ4n) is 2.98. The van der Waals surface area contributed by atoms with Gasteiger partial charge in [0, 0.05) is 14.1 Å². The second kappa shape index (κ2) is 7.97. The summed E-state index contributed by atoms with van der Waals surface area (Å²) in [6.07, 6.45) is 1.58. The van der Waals surface area contributed by atoms with Crippen LogP contribution in [-0.2, 0) is 0 Å². The molecule has 0 fully saturated rings. The number of aromatic amines is 1. The number of nitrogens with zero attached hydrogens (tertiary/aromatic N) is 2. The van der Waals surface area contributed by atoms with Crippen LogP contribution in [0.3, 0.4) is 0 Å². The smallest absolute Gasteiger partial charge is 0.371 e. The number of benzene rings is 1. The summed E-state index contributed by atoms with van der Waals surface area (Å²) in [6.45, 7) is 6.06. The van der Waals surface area contributed by atoms with E-state index in [0.717, 1.165) is 0 Å². The number of rotatable bonds is 6. The van der Waals surface area contributed by atoms with Gasteiger partial charge in [0.1, 0.15) is 11.4 Å². The minimum atomic E-state index is -0.367. The predicted molar refractivity (Wildman–Crippen MR) is 110 cm³/mol. The standard InChI is InChI=1S/C20H25N5O5/c1-20(2,3)16(14-10-7-11-29-14)22-17-18(25(28)30-23-17)21-13-9-6-8-12(15(13)26)19(27)24(4)5/h6-11,16,21H,1-5H3,(H2-,22,23,26,27,28)/p+1/t16-/m0/s1. The number of phenolic OH excluding ortho intramolecular Hbond substituents is 1. The summed E-state index contributed by atoms with van der Waals surface area (Å²) >= 11 is 0. The van der Waals surface area contributed by atoms with Crippen LogP contribution < -0.4 is 15.2 Å². The lowest BCUT2D eigenvalue weighted by molar-refractivity contribution is -0.701. The number of nitrogens with one attached hydrogen (secondary N) is 3. The number of aromatic nitrogens is 2. The minimum absolute atomic E-state index is 0.0134. The first-order valence-electron chi connectivity index (χ1n) is 9.34. The highest BCUT2D eigenvalue weighted by molar-refractivity contribution is 5.98. The molecular weight excluding hydrogens is 390 g/mol. The Balaban J connectivity index is 1.95. The van der Waals surface area contributed by atoms with Crippen LogP contribution in [0.15, 0.2) is 45.6 Å². The van der Waals surface area contributed by atoms with E-state index in [1.165, 1.54) is 11.0 Å². The number of amides is 1. The van der Waals surface area contributed by atoms with Gasteiger partial charge in [-0.2, -0.15) is 0 Å². The molecule has 3 aromatic rings. The van der Waals surface area contributed by atoms with Crippen LogP contribution >= 0.6 is 0 Å². The SMILES string of the molecule is CN(C)C(=O)c1cccc(Nc2c(N[C@@H](c3ccco3)C(C)(C)C)[nH]o[n+]2=O)c1O. The van der Waals surface area contributed by atoms with Gasteiger partial charge in [-0.1, -0.05) is 32.0 Å². The molecule has 10 nitrogen and oxygen atoms in total. The Bertz CT molecular complexity index is 1080. The van der Waals surface area contributed by atoms with E-state index in [1.807, 2.05) is 26.8 Å². The van der Waals surface area contributed by atoms with Crippen LogP contribution in [0.1, 0.15) is 42.9 Å². The number of para-hydroxylation sites is 1. The molecule has 0 unspecified atom stereocenters. The van der Waals surface area contributed by atoms with Crippen LogP contribution in [0.25, 0.3) is 0 Å². The van der Waals surface area contributed by atoms with Crippen LogP contribution in [0, 0.1) is 10.3 Å². The number of hydrogen-bond acceptors (Lipinski definition) is 7. The summed E-state index contributed by atoms with van der Waals surface area (Å²) in [7, 11) is 3.17. The summed E-state index contributed by atoms with van der Waals surface area (Å²) in [5.41, 5.74) is 0.0109. The molecule has 2 aromatic heterocycles. The highest BCUT2D eigenvalue weighted by Crippen LogP contribution is 2.38. The lowest BCUT2D eigenvalue weighted by Gasteiger charge is -2.29. The molecule has 0 spiro atoms. The van der Waals surface area contributed by atoms with Crippen LogP contribution in [-0.4, -0.2) is 35.2 Å². The molecule has 0 aliphatic carbocycles. The molecule has 0 aliphatic heterocycles. The third-order valence-electron chi connectivity index (χ3n) is 4.56. The molecule has 1 amide bonds. The molecule has 0 aliphatic rings. The minimum Gasteiger partial charge on any atom is -0.504 e. The van der Waals surface area contributed by atoms with Crippen molar-refractivity contribution in [1.29, 1.82) is 0 Å². The van der Waals surface area contributed by atoms with Gasteiger partial charge in [0.15, 0.2) is 10.3 Å². The van der Waals surface area contributed by atoms with Crippen molar-refractivity contribution in [3.8, 4) is 5.75 Å². The quantitative estimate of drug-likeness (QED) is 0.453. The van der Waals surface area contributed by atoms with E-state index in [-0.39, 0.29) is 50.6 Å². The number of anilines is 3. The van der Waals surface area contributed by atoms with Crippen LogP contribution in [0.2, 0.25) is 0 Å². The Hall–Kier alpha value is -3.69. The van der Waals surface area contributed by atoms with Crippen LogP contribution in [0.5, 0.6) is 5.75 Å². The second-order valence-corrected chi connectivity index (χ2v) is 8.16. The van der Waals surface area contributed by atoms with Gasteiger partial charge in [-0.25, -0.2) is 0 Å². The molecular formula is C20H26N5O5+. The molecule has 30 heavy (non-hydrogen) atoms. The third-order valence-corrected chi connectivity index (χ3v) is 4.56. The maximum absolute atomic E-state index is 12.3. The van der Waals surface area contributed by atoms with Gasteiger partial charge in [-0.05, 0) is 34.6 Å². The Labute approximate surface area is 173 Å². The van der Waals surface area contributed by atoms with Crippen molar-refractivity contribution in [3.05, 3.63) is 52.8 Å². The Kier molecular flexibility index (Phi) is 5.59. The van der Waals surface area contributed by atoms with E-state index in [1.54, 1.807) is 38.6 Å². The van der Waals surface area contributed by atoms with E-state index in [0.29, 0.717) is 5.76 Å². The number of aromatic hydroxyl groups is 1. The second-order valence-electron chi connectivity index (χ2n) is 8.16. The van der Waals surface area contributed by atoms with Crippen molar-refractivity contribution in [2.45, 2.75) is 26.8 Å². The van der Waals surface area contributed by atoms with Gasteiger partial charge in [-0.15, -0.1) is 4.63 Å². The molecule has 1 aromatic carbocycles. The maximum atomic E-state index is 12.3. The van der Waals surface area contributed by atoms with Gasteiger partial charge < -0.3 is 19.7 Å². The van der Waals surface area contributed by atoms with Crippen molar-refractivity contribution in [1.82, 2.24) is 10.1 Å². The maximum Gasteiger partial charge on any atom is 0.371 e. The number of H-pyrrole nitrogens is 1. The molecule has 0 bridgehead atoms. The molecule has 4 N–H and O–H groups in total. The number of furan rings is 1. The average Bonchev–Trinajstić information content (AvgIpc) is 3.31. The molecule has 0 saturated carbocycles. The fourth-order valence-corrected chi connectivity index (χ4v) is 2.98. The zero-order valence-electron chi connectivity index (χ0n) is 17.5. The van der Waals surface area contributed by atoms with Crippen molar-refractivity contribution in [2.75, 3.05) is 24.7 Å². The van der Waals surface area contributed by atoms with Crippen molar-refractivity contribution in [2.24, 2.45) is 5.41 Å². The van der Waals surface area contributed by atoms with Crippen molar-refractivity contribution >= 4 is 23.2 Å². The molecule has 2 heterocycles. The monoisotopic (exact) mass is 416 g/mol. The summed E-state index contributed by atoms with van der Waals surface area (Å²) < 4.78 is 10.7. The molecule has 10 heteroatoms. The molecule has 0 radical (unpaired) electrons. The van der Waals surface area contributed by atoms with E-state index in [9.17, 15) is 14.8 Å². The van der Waals surface area contributed by atoms with Crippen LogP contribution in [0.4, 0.5) is 17.3 Å². The Morgan fingerprint density at radius 1 is 1.23 bits per heavy atom. The number of carbonyl (C=O) groups excluding carboxylic acids is 1. The van der Waals surface area contributed by atoms with Crippen molar-refractivity contribution < 1.29 is 23.5 Å². The Morgan fingerprint density at radius 3 is 2.57 bits per heavy atom. The first-order chi connectivity index (χ1) is 14.1. The average molecular weight is 416 g/mol. The first-order valence-corrected chi connectivity index (χ1v) is 9.34. The number of phenols is 1. The predicted octanol–water partition coefficient (Wildman–Crippen LogP) is 3.47. The highest BCUT2D eigenvalue weighted by atomic mass is 16.7. The molecule has 0 saturated heterocycles. The first kappa shape index (κ1) is 21.0.